The summed E-state index contributed by atoms with van der Waals surface area (Å²) in [6.45, 7) is 0. The number of alkyl halides is 2. The molecule has 1 heterocycles. The molecule has 0 atom stereocenters. The molecule has 0 aliphatic carbocycles. The van der Waals surface area contributed by atoms with E-state index in [-0.39, 0.29) is 5.56 Å². The van der Waals surface area contributed by atoms with Crippen molar-refractivity contribution in [3.05, 3.63) is 30.0 Å². The van der Waals surface area contributed by atoms with Crippen LogP contribution in [0.15, 0.2) is 24.4 Å². The fourth-order valence-electron chi connectivity index (χ4n) is 1.58. The van der Waals surface area contributed by atoms with Crippen molar-refractivity contribution < 1.29 is 13.5 Å². The second kappa shape index (κ2) is 4.40. The van der Waals surface area contributed by atoms with Crippen LogP contribution < -0.4 is 10.5 Å². The molecule has 0 radical (unpaired) electrons. The van der Waals surface area contributed by atoms with E-state index >= 15 is 0 Å². The van der Waals surface area contributed by atoms with Gasteiger partial charge in [-0.2, -0.15) is 5.10 Å². The second-order valence-electron chi connectivity index (χ2n) is 3.46. The summed E-state index contributed by atoms with van der Waals surface area (Å²) in [6.07, 6.45) is -1.06. The Morgan fingerprint density at radius 1 is 1.35 bits per heavy atom. The van der Waals surface area contributed by atoms with Gasteiger partial charge in [0.2, 0.25) is 0 Å². The second-order valence-corrected chi connectivity index (χ2v) is 3.46. The summed E-state index contributed by atoms with van der Waals surface area (Å²) >= 11 is 0. The number of benzene rings is 1. The number of aromatic amines is 1. The van der Waals surface area contributed by atoms with Crippen molar-refractivity contribution in [2.45, 2.75) is 6.43 Å². The molecule has 0 aliphatic rings. The van der Waals surface area contributed by atoms with Crippen LogP contribution in [0.4, 0.5) is 14.6 Å². The van der Waals surface area contributed by atoms with Gasteiger partial charge in [-0.25, -0.2) is 8.78 Å². The number of methoxy groups -OCH3 is 1. The molecule has 0 unspecified atom stereocenters. The Morgan fingerprint density at radius 3 is 2.65 bits per heavy atom. The molecule has 1 aromatic carbocycles. The first-order valence-corrected chi connectivity index (χ1v) is 4.88. The topological polar surface area (TPSA) is 63.9 Å². The number of nitrogen functional groups attached to an aromatic ring is 1. The van der Waals surface area contributed by atoms with Crippen LogP contribution in [0.3, 0.4) is 0 Å². The van der Waals surface area contributed by atoms with E-state index in [9.17, 15) is 8.78 Å². The first-order valence-electron chi connectivity index (χ1n) is 4.88. The van der Waals surface area contributed by atoms with Gasteiger partial charge in [0.1, 0.15) is 11.6 Å². The van der Waals surface area contributed by atoms with Gasteiger partial charge in [0.25, 0.3) is 6.43 Å². The Balaban J connectivity index is 2.57. The van der Waals surface area contributed by atoms with Crippen LogP contribution in [0.1, 0.15) is 12.0 Å². The fraction of sp³-hybridized carbons (Fsp3) is 0.182. The Hall–Kier alpha value is -2.11. The quantitative estimate of drug-likeness (QED) is 0.865. The monoisotopic (exact) mass is 239 g/mol. The van der Waals surface area contributed by atoms with E-state index in [0.29, 0.717) is 22.7 Å². The average molecular weight is 239 g/mol. The summed E-state index contributed by atoms with van der Waals surface area (Å²) in [5, 5.41) is 6.31. The van der Waals surface area contributed by atoms with Crippen molar-refractivity contribution >= 4 is 5.82 Å². The van der Waals surface area contributed by atoms with Crippen molar-refractivity contribution in [3.63, 3.8) is 0 Å². The number of nitrogens with one attached hydrogen (secondary N) is 1. The van der Waals surface area contributed by atoms with Gasteiger partial charge in [-0.15, -0.1) is 0 Å². The lowest BCUT2D eigenvalue weighted by Crippen LogP contribution is -1.93. The molecular formula is C11H11F2N3O. The van der Waals surface area contributed by atoms with Crippen molar-refractivity contribution in [2.24, 2.45) is 0 Å². The molecule has 0 saturated heterocycles. The van der Waals surface area contributed by atoms with Gasteiger partial charge < -0.3 is 10.5 Å². The van der Waals surface area contributed by atoms with Crippen molar-refractivity contribution in [2.75, 3.05) is 12.8 Å². The number of ether oxygens (including phenoxy) is 1. The van der Waals surface area contributed by atoms with Crippen LogP contribution in [0.2, 0.25) is 0 Å². The fourth-order valence-corrected chi connectivity index (χ4v) is 1.58. The van der Waals surface area contributed by atoms with Crippen LogP contribution >= 0.6 is 0 Å². The van der Waals surface area contributed by atoms with E-state index in [2.05, 4.69) is 10.2 Å². The predicted octanol–water partition coefficient (Wildman–Crippen LogP) is 2.61. The maximum atomic E-state index is 12.6. The van der Waals surface area contributed by atoms with Crippen LogP contribution in [0.25, 0.3) is 11.1 Å². The van der Waals surface area contributed by atoms with Crippen LogP contribution in [-0.4, -0.2) is 17.3 Å². The summed E-state index contributed by atoms with van der Waals surface area (Å²) in [5.74, 6) is 0.789. The number of nitrogens with two attached hydrogens (primary N) is 1. The van der Waals surface area contributed by atoms with E-state index < -0.39 is 6.43 Å². The minimum absolute atomic E-state index is 0.0820. The van der Waals surface area contributed by atoms with E-state index in [0.717, 1.165) is 0 Å². The molecule has 6 heteroatoms. The Morgan fingerprint density at radius 2 is 2.12 bits per heavy atom. The molecule has 0 amide bonds. The van der Waals surface area contributed by atoms with Gasteiger partial charge in [0.05, 0.1) is 13.3 Å². The number of rotatable bonds is 3. The molecule has 0 spiro atoms. The standard InChI is InChI=1S/C11H11F2N3O/c1-17-9-3-2-6(10(12)13)4-7(9)8-5-15-16-11(8)14/h2-5,10H,1H3,(H3,14,15,16). The first-order chi connectivity index (χ1) is 8.13. The third-order valence-electron chi connectivity index (χ3n) is 2.43. The lowest BCUT2D eigenvalue weighted by Gasteiger charge is -2.09. The van der Waals surface area contributed by atoms with Crippen LogP contribution in [0, 0.1) is 0 Å². The highest BCUT2D eigenvalue weighted by molar-refractivity contribution is 5.78. The molecule has 17 heavy (non-hydrogen) atoms. The first kappa shape index (κ1) is 11.4. The molecule has 0 saturated carbocycles. The van der Waals surface area contributed by atoms with E-state index in [1.807, 2.05) is 0 Å². The van der Waals surface area contributed by atoms with Crippen LogP contribution in [0.5, 0.6) is 5.75 Å². The Labute approximate surface area is 96.4 Å². The lowest BCUT2D eigenvalue weighted by molar-refractivity contribution is 0.151. The minimum atomic E-state index is -2.53. The normalized spacial score (nSPS) is 10.8. The number of hydrogen-bond donors (Lipinski definition) is 2. The molecule has 0 aliphatic heterocycles. The van der Waals surface area contributed by atoms with Crippen molar-refractivity contribution in [1.82, 2.24) is 10.2 Å². The number of halogens is 2. The summed E-state index contributed by atoms with van der Waals surface area (Å²) in [6, 6.07) is 4.16. The number of aromatic nitrogens is 2. The maximum Gasteiger partial charge on any atom is 0.263 e. The van der Waals surface area contributed by atoms with Gasteiger partial charge in [0.15, 0.2) is 0 Å². The lowest BCUT2D eigenvalue weighted by atomic mass is 10.0. The van der Waals surface area contributed by atoms with Gasteiger partial charge in [-0.05, 0) is 18.2 Å². The van der Waals surface area contributed by atoms with Crippen molar-refractivity contribution in [1.29, 1.82) is 0 Å². The molecule has 2 rings (SSSR count). The largest absolute Gasteiger partial charge is 0.496 e. The third-order valence-corrected chi connectivity index (χ3v) is 2.43. The Kier molecular flexibility index (Phi) is 2.95. The zero-order valence-electron chi connectivity index (χ0n) is 9.08. The Bertz CT molecular complexity index is 525. The summed E-state index contributed by atoms with van der Waals surface area (Å²) in [4.78, 5) is 0. The molecule has 3 N–H and O–H groups in total. The van der Waals surface area contributed by atoms with Crippen LogP contribution in [-0.2, 0) is 0 Å². The maximum absolute atomic E-state index is 12.6. The number of hydrogen-bond acceptors (Lipinski definition) is 3. The molecule has 0 bridgehead atoms. The molecular weight excluding hydrogens is 228 g/mol. The van der Waals surface area contributed by atoms with Gasteiger partial charge in [-0.3, -0.25) is 5.10 Å². The zero-order valence-corrected chi connectivity index (χ0v) is 9.08. The van der Waals surface area contributed by atoms with E-state index in [1.165, 1.54) is 31.5 Å². The molecule has 1 aromatic heterocycles. The van der Waals surface area contributed by atoms with Crippen molar-refractivity contribution in [3.8, 4) is 16.9 Å². The highest BCUT2D eigenvalue weighted by Crippen LogP contribution is 2.35. The highest BCUT2D eigenvalue weighted by Gasteiger charge is 2.15. The smallest absolute Gasteiger partial charge is 0.263 e. The molecule has 4 nitrogen and oxygen atoms in total. The molecule has 90 valence electrons. The number of H-pyrrole nitrogens is 1. The average Bonchev–Trinajstić information content (AvgIpc) is 2.74. The van der Waals surface area contributed by atoms with Gasteiger partial charge >= 0.3 is 0 Å². The zero-order chi connectivity index (χ0) is 12.4. The van der Waals surface area contributed by atoms with Gasteiger partial charge in [0, 0.05) is 16.7 Å². The molecule has 2 aromatic rings. The molecule has 0 fully saturated rings. The van der Waals surface area contributed by atoms with Gasteiger partial charge in [-0.1, -0.05) is 0 Å². The summed E-state index contributed by atoms with van der Waals surface area (Å²) in [5.41, 5.74) is 6.62. The number of nitrogens with zero attached hydrogens (tertiary/aromatic N) is 1. The highest BCUT2D eigenvalue weighted by atomic mass is 19.3. The van der Waals surface area contributed by atoms with E-state index in [4.69, 9.17) is 10.5 Å². The summed E-state index contributed by atoms with van der Waals surface area (Å²) < 4.78 is 30.4. The summed E-state index contributed by atoms with van der Waals surface area (Å²) in [7, 11) is 1.47. The predicted molar refractivity (Wildman–Crippen MR) is 59.9 cm³/mol. The minimum Gasteiger partial charge on any atom is -0.496 e. The number of anilines is 1. The SMILES string of the molecule is COc1ccc(C(F)F)cc1-c1cn[nH]c1N. The van der Waals surface area contributed by atoms with E-state index in [1.54, 1.807) is 0 Å². The third kappa shape index (κ3) is 2.06.